The first-order valence-corrected chi connectivity index (χ1v) is 11.5. The third-order valence-corrected chi connectivity index (χ3v) is 7.70. The highest BCUT2D eigenvalue weighted by molar-refractivity contribution is 7.89. The van der Waals surface area contributed by atoms with Crippen molar-refractivity contribution in [3.63, 3.8) is 0 Å². The number of anilines is 1. The Morgan fingerprint density at radius 2 is 1.68 bits per heavy atom. The van der Waals surface area contributed by atoms with Crippen LogP contribution in [0.1, 0.15) is 41.6 Å². The Balaban J connectivity index is 1.69. The van der Waals surface area contributed by atoms with Crippen molar-refractivity contribution in [3.8, 4) is 0 Å². The summed E-state index contributed by atoms with van der Waals surface area (Å²) in [6.45, 7) is 1.64. The van der Waals surface area contributed by atoms with Crippen LogP contribution in [0.15, 0.2) is 47.4 Å². The van der Waals surface area contributed by atoms with E-state index in [0.717, 1.165) is 43.4 Å². The lowest BCUT2D eigenvalue weighted by atomic mass is 10.0. The van der Waals surface area contributed by atoms with Crippen molar-refractivity contribution in [1.82, 2.24) is 4.31 Å². The molecule has 2 heterocycles. The number of rotatable bonds is 3. The van der Waals surface area contributed by atoms with Crippen LogP contribution >= 0.6 is 11.6 Å². The van der Waals surface area contributed by atoms with Gasteiger partial charge in [-0.05, 0) is 55.5 Å². The van der Waals surface area contributed by atoms with Gasteiger partial charge in [-0.2, -0.15) is 4.31 Å². The normalized spacial score (nSPS) is 18.0. The van der Waals surface area contributed by atoms with Gasteiger partial charge in [0.1, 0.15) is 0 Å². The molecule has 0 bridgehead atoms. The first-order chi connectivity index (χ1) is 13.5. The van der Waals surface area contributed by atoms with E-state index in [2.05, 4.69) is 0 Å². The highest BCUT2D eigenvalue weighted by Crippen LogP contribution is 2.31. The van der Waals surface area contributed by atoms with Gasteiger partial charge in [-0.25, -0.2) is 8.42 Å². The van der Waals surface area contributed by atoms with Gasteiger partial charge in [0.15, 0.2) is 0 Å². The summed E-state index contributed by atoms with van der Waals surface area (Å²) in [5.41, 5.74) is 2.23. The van der Waals surface area contributed by atoms with Gasteiger partial charge in [0.05, 0.1) is 15.5 Å². The van der Waals surface area contributed by atoms with E-state index in [1.54, 1.807) is 4.90 Å². The molecule has 1 amide bonds. The number of hydrogen-bond acceptors (Lipinski definition) is 3. The highest BCUT2D eigenvalue weighted by atomic mass is 35.5. The highest BCUT2D eigenvalue weighted by Gasteiger charge is 2.29. The number of amides is 1. The number of benzene rings is 2. The molecule has 2 aromatic rings. The summed E-state index contributed by atoms with van der Waals surface area (Å²) < 4.78 is 27.5. The molecule has 0 aliphatic carbocycles. The Hall–Kier alpha value is -1.89. The zero-order valence-corrected chi connectivity index (χ0v) is 17.2. The fourth-order valence-electron chi connectivity index (χ4n) is 3.97. The smallest absolute Gasteiger partial charge is 0.259 e. The zero-order chi connectivity index (χ0) is 19.7. The van der Waals surface area contributed by atoms with Crippen LogP contribution in [-0.4, -0.2) is 38.3 Å². The Morgan fingerprint density at radius 3 is 2.46 bits per heavy atom. The molecule has 1 fully saturated rings. The minimum atomic E-state index is -3.62. The van der Waals surface area contributed by atoms with E-state index in [0.29, 0.717) is 19.6 Å². The Morgan fingerprint density at radius 1 is 0.929 bits per heavy atom. The molecule has 0 N–H and O–H groups in total. The van der Waals surface area contributed by atoms with E-state index in [-0.39, 0.29) is 21.4 Å². The van der Waals surface area contributed by atoms with Crippen molar-refractivity contribution < 1.29 is 13.2 Å². The lowest BCUT2D eigenvalue weighted by molar-refractivity contribution is 0.0985. The second kappa shape index (κ2) is 7.85. The van der Waals surface area contributed by atoms with Crippen molar-refractivity contribution in [2.24, 2.45) is 0 Å². The molecule has 0 saturated carbocycles. The van der Waals surface area contributed by atoms with Gasteiger partial charge in [-0.15, -0.1) is 0 Å². The molecule has 0 radical (unpaired) electrons. The predicted molar refractivity (Wildman–Crippen MR) is 111 cm³/mol. The van der Waals surface area contributed by atoms with Crippen LogP contribution in [0.5, 0.6) is 0 Å². The average molecular weight is 419 g/mol. The molecule has 28 heavy (non-hydrogen) atoms. The van der Waals surface area contributed by atoms with E-state index in [4.69, 9.17) is 11.6 Å². The maximum absolute atomic E-state index is 13.3. The molecule has 2 aliphatic rings. The van der Waals surface area contributed by atoms with Crippen molar-refractivity contribution in [2.45, 2.75) is 37.0 Å². The fourth-order valence-corrected chi connectivity index (χ4v) is 5.72. The summed E-state index contributed by atoms with van der Waals surface area (Å²) in [6, 6.07) is 12.3. The van der Waals surface area contributed by atoms with Gasteiger partial charge in [-0.3, -0.25) is 4.79 Å². The maximum Gasteiger partial charge on any atom is 0.259 e. The molecule has 148 valence electrons. The van der Waals surface area contributed by atoms with Crippen LogP contribution < -0.4 is 4.90 Å². The summed E-state index contributed by atoms with van der Waals surface area (Å²) in [4.78, 5) is 15.1. The SMILES string of the molecule is O=C(c1cc(S(=O)(=O)N2CCCCC2)ccc1Cl)N1CCCc2ccccc21. The van der Waals surface area contributed by atoms with Crippen LogP contribution in [0.3, 0.4) is 0 Å². The largest absolute Gasteiger partial charge is 0.308 e. The predicted octanol–water partition coefficient (Wildman–Crippen LogP) is 4.11. The molecule has 0 aromatic heterocycles. The van der Waals surface area contributed by atoms with Crippen molar-refractivity contribution in [1.29, 1.82) is 0 Å². The summed E-state index contributed by atoms with van der Waals surface area (Å²) in [7, 11) is -3.62. The van der Waals surface area contributed by atoms with E-state index in [9.17, 15) is 13.2 Å². The van der Waals surface area contributed by atoms with Crippen molar-refractivity contribution >= 4 is 33.2 Å². The second-order valence-corrected chi connectivity index (χ2v) is 9.64. The number of sulfonamides is 1. The van der Waals surface area contributed by atoms with Crippen LogP contribution in [0, 0.1) is 0 Å². The molecular formula is C21H23ClN2O3S. The molecule has 0 spiro atoms. The minimum Gasteiger partial charge on any atom is -0.308 e. The summed E-state index contributed by atoms with van der Waals surface area (Å²) in [5, 5.41) is 0.269. The lowest BCUT2D eigenvalue weighted by Gasteiger charge is -2.30. The molecule has 2 aromatic carbocycles. The van der Waals surface area contributed by atoms with Gasteiger partial charge >= 0.3 is 0 Å². The summed E-state index contributed by atoms with van der Waals surface area (Å²) >= 11 is 6.32. The quantitative estimate of drug-likeness (QED) is 0.753. The number of carbonyl (C=O) groups excluding carboxylic acids is 1. The second-order valence-electron chi connectivity index (χ2n) is 7.30. The number of carbonyl (C=O) groups is 1. The number of halogens is 1. The fraction of sp³-hybridized carbons (Fsp3) is 0.381. The minimum absolute atomic E-state index is 0.132. The van der Waals surface area contributed by atoms with Crippen LogP contribution in [0.2, 0.25) is 5.02 Å². The van der Waals surface area contributed by atoms with Crippen LogP contribution in [0.25, 0.3) is 0 Å². The molecule has 5 nitrogen and oxygen atoms in total. The van der Waals surface area contributed by atoms with Gasteiger partial charge in [0, 0.05) is 25.3 Å². The number of piperidine rings is 1. The molecule has 7 heteroatoms. The molecular weight excluding hydrogens is 396 g/mol. The zero-order valence-electron chi connectivity index (χ0n) is 15.6. The lowest BCUT2D eigenvalue weighted by Crippen LogP contribution is -2.37. The maximum atomic E-state index is 13.3. The third-order valence-electron chi connectivity index (χ3n) is 5.48. The van der Waals surface area contributed by atoms with Crippen molar-refractivity contribution in [2.75, 3.05) is 24.5 Å². The first-order valence-electron chi connectivity index (χ1n) is 9.68. The van der Waals surface area contributed by atoms with Crippen LogP contribution in [-0.2, 0) is 16.4 Å². The molecule has 0 unspecified atom stereocenters. The average Bonchev–Trinajstić information content (AvgIpc) is 2.73. The van der Waals surface area contributed by atoms with Gasteiger partial charge < -0.3 is 4.90 Å². The van der Waals surface area contributed by atoms with Gasteiger partial charge in [0.25, 0.3) is 5.91 Å². The van der Waals surface area contributed by atoms with Crippen LogP contribution in [0.4, 0.5) is 5.69 Å². The molecule has 0 atom stereocenters. The number of aryl methyl sites for hydroxylation is 1. The summed E-state index contributed by atoms with van der Waals surface area (Å²) in [5.74, 6) is -0.257. The van der Waals surface area contributed by atoms with Gasteiger partial charge in [-0.1, -0.05) is 36.2 Å². The van der Waals surface area contributed by atoms with E-state index in [1.807, 2.05) is 24.3 Å². The van der Waals surface area contributed by atoms with Crippen molar-refractivity contribution in [3.05, 3.63) is 58.6 Å². The Bertz CT molecular complexity index is 1000. The monoisotopic (exact) mass is 418 g/mol. The van der Waals surface area contributed by atoms with E-state index >= 15 is 0 Å². The molecule has 4 rings (SSSR count). The molecule has 2 aliphatic heterocycles. The third kappa shape index (κ3) is 3.56. The number of hydrogen-bond donors (Lipinski definition) is 0. The Labute approximate surface area is 171 Å². The molecule has 1 saturated heterocycles. The summed E-state index contributed by atoms with van der Waals surface area (Å²) in [6.07, 6.45) is 4.57. The van der Waals surface area contributed by atoms with E-state index in [1.165, 1.54) is 22.5 Å². The number of nitrogens with zero attached hydrogens (tertiary/aromatic N) is 2. The van der Waals surface area contributed by atoms with E-state index < -0.39 is 10.0 Å². The first kappa shape index (κ1) is 19.4. The standard InChI is InChI=1S/C21H23ClN2O3S/c22-19-11-10-17(28(26,27)23-12-4-1-5-13-23)15-18(19)21(25)24-14-6-8-16-7-2-3-9-20(16)24/h2-3,7,9-11,15H,1,4-6,8,12-14H2. The topological polar surface area (TPSA) is 57.7 Å². The number of para-hydroxylation sites is 1. The Kier molecular flexibility index (Phi) is 5.45. The van der Waals surface area contributed by atoms with Gasteiger partial charge in [0.2, 0.25) is 10.0 Å². The number of fused-ring (bicyclic) bond motifs is 1.